The van der Waals surface area contributed by atoms with Crippen molar-refractivity contribution in [2.24, 2.45) is 5.16 Å². The highest BCUT2D eigenvalue weighted by Gasteiger charge is 2.22. The molecule has 1 aromatic carbocycles. The lowest BCUT2D eigenvalue weighted by molar-refractivity contribution is 0.375. The van der Waals surface area contributed by atoms with E-state index in [1.54, 1.807) is 18.9 Å². The summed E-state index contributed by atoms with van der Waals surface area (Å²) in [6.07, 6.45) is 2.25. The molecular weight excluding hydrogens is 270 g/mol. The smallest absolute Gasteiger partial charge is 0.229 e. The number of hydrogen-bond donors (Lipinski definition) is 0. The van der Waals surface area contributed by atoms with Gasteiger partial charge < -0.3 is 4.74 Å². The molecule has 0 spiro atoms. The van der Waals surface area contributed by atoms with Gasteiger partial charge in [0.1, 0.15) is 5.75 Å². The van der Waals surface area contributed by atoms with Gasteiger partial charge in [0.15, 0.2) is 0 Å². The van der Waals surface area contributed by atoms with Crippen molar-refractivity contribution in [2.45, 2.75) is 23.5 Å². The Morgan fingerprint density at radius 1 is 1.50 bits per heavy atom. The summed E-state index contributed by atoms with van der Waals surface area (Å²) in [5.41, 5.74) is 1.83. The Hall–Kier alpha value is -1.01. The monoisotopic (exact) mass is 285 g/mol. The first-order chi connectivity index (χ1) is 8.60. The van der Waals surface area contributed by atoms with Crippen LogP contribution in [0.15, 0.2) is 28.3 Å². The predicted octanol–water partition coefficient (Wildman–Crippen LogP) is 2.59. The molecule has 4 nitrogen and oxygen atoms in total. The molecule has 0 radical (unpaired) electrons. The topological polar surface area (TPSA) is 47.9 Å². The number of oxime groups is 1. The number of thioether (sulfide) groups is 1. The Morgan fingerprint density at radius 2 is 2.28 bits per heavy atom. The maximum atomic E-state index is 11.0. The van der Waals surface area contributed by atoms with E-state index in [4.69, 9.17) is 9.02 Å². The Balaban J connectivity index is 2.39. The van der Waals surface area contributed by atoms with E-state index in [9.17, 15) is 4.21 Å². The van der Waals surface area contributed by atoms with E-state index in [-0.39, 0.29) is 0 Å². The Kier molecular flexibility index (Phi) is 4.29. The second-order valence-electron chi connectivity index (χ2n) is 4.01. The molecule has 6 heteroatoms. The second-order valence-corrected chi connectivity index (χ2v) is 6.44. The fourth-order valence-corrected chi connectivity index (χ4v) is 3.11. The third kappa shape index (κ3) is 3.05. The minimum atomic E-state index is -1.39. The van der Waals surface area contributed by atoms with Gasteiger partial charge in [0.05, 0.1) is 19.1 Å². The molecule has 0 saturated carbocycles. The molecule has 0 N–H and O–H groups in total. The summed E-state index contributed by atoms with van der Waals surface area (Å²) in [7, 11) is 1.63. The quantitative estimate of drug-likeness (QED) is 0.801. The van der Waals surface area contributed by atoms with E-state index < -0.39 is 11.1 Å². The lowest BCUT2D eigenvalue weighted by Gasteiger charge is -2.22. The van der Waals surface area contributed by atoms with Gasteiger partial charge >= 0.3 is 0 Å². The summed E-state index contributed by atoms with van der Waals surface area (Å²) in [6, 6.07) is 5.89. The Labute approximate surface area is 113 Å². The van der Waals surface area contributed by atoms with Crippen molar-refractivity contribution in [3.63, 3.8) is 0 Å². The van der Waals surface area contributed by atoms with Gasteiger partial charge in [-0.1, -0.05) is 12.1 Å². The van der Waals surface area contributed by atoms with Crippen LogP contribution in [0.1, 0.15) is 18.9 Å². The average molecular weight is 285 g/mol. The molecule has 0 fully saturated rings. The number of benzene rings is 1. The van der Waals surface area contributed by atoms with Gasteiger partial charge in [0.25, 0.3) is 0 Å². The summed E-state index contributed by atoms with van der Waals surface area (Å²) in [4.78, 5) is 1.15. The molecule has 0 aromatic heterocycles. The average Bonchev–Trinajstić information content (AvgIpc) is 2.35. The van der Waals surface area contributed by atoms with Gasteiger partial charge in [-0.3, -0.25) is 4.28 Å². The van der Waals surface area contributed by atoms with Crippen LogP contribution >= 0.6 is 11.8 Å². The van der Waals surface area contributed by atoms with Crippen LogP contribution in [0, 0.1) is 0 Å². The van der Waals surface area contributed by atoms with Crippen molar-refractivity contribution in [1.29, 1.82) is 0 Å². The number of hydrogen-bond acceptors (Lipinski definition) is 5. The van der Waals surface area contributed by atoms with Crippen LogP contribution in [0.25, 0.3) is 0 Å². The van der Waals surface area contributed by atoms with Gasteiger partial charge in [-0.05, 0) is 18.2 Å². The Morgan fingerprint density at radius 3 is 2.94 bits per heavy atom. The molecule has 0 saturated heterocycles. The minimum Gasteiger partial charge on any atom is -0.497 e. The normalized spacial score (nSPS) is 22.4. The third-order valence-electron chi connectivity index (χ3n) is 2.56. The van der Waals surface area contributed by atoms with Gasteiger partial charge in [-0.2, -0.15) is 0 Å². The van der Waals surface area contributed by atoms with Crippen LogP contribution in [0.3, 0.4) is 0 Å². The van der Waals surface area contributed by atoms with E-state index in [0.717, 1.165) is 28.3 Å². The van der Waals surface area contributed by atoms with Crippen LogP contribution in [-0.2, 0) is 15.4 Å². The number of fused-ring (bicyclic) bond motifs is 1. The zero-order valence-corrected chi connectivity index (χ0v) is 12.1. The van der Waals surface area contributed by atoms with E-state index in [1.807, 2.05) is 18.2 Å². The van der Waals surface area contributed by atoms with Crippen molar-refractivity contribution < 1.29 is 13.2 Å². The second kappa shape index (κ2) is 5.75. The van der Waals surface area contributed by atoms with Crippen LogP contribution in [-0.4, -0.2) is 28.5 Å². The molecule has 98 valence electrons. The fraction of sp³-hybridized carbons (Fsp3) is 0.417. The predicted molar refractivity (Wildman–Crippen MR) is 74.6 cm³/mol. The fourth-order valence-electron chi connectivity index (χ4n) is 1.79. The van der Waals surface area contributed by atoms with Crippen LogP contribution in [0.4, 0.5) is 0 Å². The number of ether oxygens (including phenoxy) is 1. The van der Waals surface area contributed by atoms with Crippen molar-refractivity contribution in [3.8, 4) is 5.75 Å². The highest BCUT2D eigenvalue weighted by atomic mass is 32.2. The molecule has 0 aliphatic carbocycles. The van der Waals surface area contributed by atoms with Crippen molar-refractivity contribution in [1.82, 2.24) is 0 Å². The zero-order valence-electron chi connectivity index (χ0n) is 10.5. The first-order valence-corrected chi connectivity index (χ1v) is 7.89. The molecule has 2 atom stereocenters. The number of methoxy groups -OCH3 is 1. The first-order valence-electron chi connectivity index (χ1n) is 5.53. The van der Waals surface area contributed by atoms with Gasteiger partial charge in [-0.15, -0.1) is 11.8 Å². The summed E-state index contributed by atoms with van der Waals surface area (Å²) in [5.74, 6) is 0.786. The standard InChI is InChI=1S/C12H15NO3S2/c1-8-6-11(13-16-18(3)14)10-7-9(15-2)4-5-12(10)17-8/h4-5,7-8H,6H2,1-3H3/b13-11+. The third-order valence-corrected chi connectivity index (χ3v) is 4.02. The van der Waals surface area contributed by atoms with Crippen LogP contribution in [0.5, 0.6) is 5.75 Å². The lowest BCUT2D eigenvalue weighted by Crippen LogP contribution is -2.16. The lowest BCUT2D eigenvalue weighted by atomic mass is 10.0. The largest absolute Gasteiger partial charge is 0.497 e. The van der Waals surface area contributed by atoms with E-state index >= 15 is 0 Å². The molecule has 1 heterocycles. The van der Waals surface area contributed by atoms with Crippen molar-refractivity contribution in [3.05, 3.63) is 23.8 Å². The Bertz CT molecular complexity index is 502. The maximum Gasteiger partial charge on any atom is 0.229 e. The first kappa shape index (κ1) is 13.4. The van der Waals surface area contributed by atoms with Gasteiger partial charge in [0, 0.05) is 22.1 Å². The van der Waals surface area contributed by atoms with Crippen LogP contribution < -0.4 is 4.74 Å². The van der Waals surface area contributed by atoms with E-state index in [2.05, 4.69) is 12.1 Å². The van der Waals surface area contributed by atoms with Crippen molar-refractivity contribution >= 4 is 28.6 Å². The van der Waals surface area contributed by atoms with Gasteiger partial charge in [0.2, 0.25) is 11.1 Å². The number of rotatable bonds is 3. The highest BCUT2D eigenvalue weighted by Crippen LogP contribution is 2.37. The summed E-state index contributed by atoms with van der Waals surface area (Å²) in [5, 5.41) is 4.43. The maximum absolute atomic E-state index is 11.0. The zero-order chi connectivity index (χ0) is 13.1. The van der Waals surface area contributed by atoms with E-state index in [0.29, 0.717) is 5.25 Å². The molecule has 0 bridgehead atoms. The highest BCUT2D eigenvalue weighted by molar-refractivity contribution is 8.00. The molecule has 1 aromatic rings. The number of nitrogens with zero attached hydrogens (tertiary/aromatic N) is 1. The molecule has 2 unspecified atom stereocenters. The minimum absolute atomic E-state index is 0.429. The van der Waals surface area contributed by atoms with E-state index in [1.165, 1.54) is 6.26 Å². The molecule has 18 heavy (non-hydrogen) atoms. The molecule has 0 amide bonds. The van der Waals surface area contributed by atoms with Crippen LogP contribution in [0.2, 0.25) is 0 Å². The van der Waals surface area contributed by atoms with Crippen molar-refractivity contribution in [2.75, 3.05) is 13.4 Å². The summed E-state index contributed by atoms with van der Waals surface area (Å²) in [6.45, 7) is 2.14. The van der Waals surface area contributed by atoms with Gasteiger partial charge in [-0.25, -0.2) is 4.21 Å². The molecular formula is C12H15NO3S2. The molecule has 2 rings (SSSR count). The summed E-state index contributed by atoms with van der Waals surface area (Å²) < 4.78 is 21.0. The molecule has 1 aliphatic rings. The SMILES string of the molecule is COc1ccc2c(c1)/C(=N/OS(C)=O)CC(C)S2. The summed E-state index contributed by atoms with van der Waals surface area (Å²) >= 11 is 0.413. The molecule has 1 aliphatic heterocycles.